The first-order valence-electron chi connectivity index (χ1n) is 9.67. The van der Waals surface area contributed by atoms with Crippen molar-refractivity contribution in [3.8, 4) is 0 Å². The average Bonchev–Trinajstić information content (AvgIpc) is 2.63. The Hall–Kier alpha value is -1.35. The first-order chi connectivity index (χ1) is 11.6. The number of hydrogen-bond donors (Lipinski definition) is 1. The first-order valence-corrected chi connectivity index (χ1v) is 9.67. The van der Waals surface area contributed by atoms with E-state index in [4.69, 9.17) is 0 Å². The summed E-state index contributed by atoms with van der Waals surface area (Å²) in [5.41, 5.74) is 1.10. The summed E-state index contributed by atoms with van der Waals surface area (Å²) in [5, 5.41) is 11.7. The molecule has 2 aliphatic rings. The molecule has 0 radical (unpaired) electrons. The van der Waals surface area contributed by atoms with Crippen molar-refractivity contribution < 1.29 is 9.90 Å². The lowest BCUT2D eigenvalue weighted by molar-refractivity contribution is -0.141. The Bertz CT molecular complexity index is 541. The zero-order chi connectivity index (χ0) is 17.0. The standard InChI is InChI=1S/C21H31NO2/c1-17-10-12-19(13-11-17)21(24,18-8-4-2-5-9-18)16-20(23)22-14-6-3-7-15-22/h10-13,18,24H,2-9,14-16H2,1H3. The monoisotopic (exact) mass is 329 g/mol. The predicted octanol–water partition coefficient (Wildman–Crippen LogP) is 4.17. The van der Waals surface area contributed by atoms with Gasteiger partial charge in [0.15, 0.2) is 0 Å². The number of amides is 1. The van der Waals surface area contributed by atoms with Crippen LogP contribution in [0.15, 0.2) is 24.3 Å². The molecule has 3 heteroatoms. The van der Waals surface area contributed by atoms with Crippen LogP contribution >= 0.6 is 0 Å². The molecule has 1 saturated carbocycles. The summed E-state index contributed by atoms with van der Waals surface area (Å²) in [6, 6.07) is 8.14. The first kappa shape index (κ1) is 17.5. The highest BCUT2D eigenvalue weighted by atomic mass is 16.3. The molecule has 0 spiro atoms. The summed E-state index contributed by atoms with van der Waals surface area (Å²) in [6.45, 7) is 3.77. The van der Waals surface area contributed by atoms with Gasteiger partial charge in [0, 0.05) is 13.1 Å². The van der Waals surface area contributed by atoms with E-state index in [2.05, 4.69) is 19.1 Å². The largest absolute Gasteiger partial charge is 0.384 e. The highest BCUT2D eigenvalue weighted by Gasteiger charge is 2.41. The van der Waals surface area contributed by atoms with Crippen LogP contribution in [0, 0.1) is 12.8 Å². The van der Waals surface area contributed by atoms with E-state index in [1.807, 2.05) is 17.0 Å². The number of rotatable bonds is 4. The van der Waals surface area contributed by atoms with Crippen LogP contribution in [0.1, 0.15) is 68.9 Å². The summed E-state index contributed by atoms with van der Waals surface area (Å²) in [5.74, 6) is 0.325. The Balaban J connectivity index is 1.83. The summed E-state index contributed by atoms with van der Waals surface area (Å²) in [7, 11) is 0. The van der Waals surface area contributed by atoms with Crippen LogP contribution in [-0.2, 0) is 10.4 Å². The average molecular weight is 329 g/mol. The molecule has 3 rings (SSSR count). The lowest BCUT2D eigenvalue weighted by atomic mass is 9.71. The number of aliphatic hydroxyl groups is 1. The number of likely N-dealkylation sites (tertiary alicyclic amines) is 1. The normalized spacial score (nSPS) is 22.2. The van der Waals surface area contributed by atoms with Gasteiger partial charge < -0.3 is 10.0 Å². The minimum Gasteiger partial charge on any atom is -0.384 e. The topological polar surface area (TPSA) is 40.5 Å². The van der Waals surface area contributed by atoms with Gasteiger partial charge in [-0.2, -0.15) is 0 Å². The maximum absolute atomic E-state index is 12.9. The van der Waals surface area contributed by atoms with Gasteiger partial charge >= 0.3 is 0 Å². The molecule has 1 N–H and O–H groups in total. The third-order valence-corrected chi connectivity index (χ3v) is 5.96. The molecule has 132 valence electrons. The molecule has 1 aromatic carbocycles. The summed E-state index contributed by atoms with van der Waals surface area (Å²) < 4.78 is 0. The van der Waals surface area contributed by atoms with E-state index in [0.29, 0.717) is 0 Å². The lowest BCUT2D eigenvalue weighted by Gasteiger charge is -2.40. The summed E-state index contributed by atoms with van der Waals surface area (Å²) in [6.07, 6.45) is 9.27. The Morgan fingerprint density at radius 2 is 1.62 bits per heavy atom. The van der Waals surface area contributed by atoms with Crippen molar-refractivity contribution in [2.24, 2.45) is 5.92 Å². The molecule has 1 aliphatic heterocycles. The fourth-order valence-corrected chi connectivity index (χ4v) is 4.39. The molecule has 1 heterocycles. The Morgan fingerprint density at radius 3 is 2.25 bits per heavy atom. The van der Waals surface area contributed by atoms with Crippen LogP contribution in [0.4, 0.5) is 0 Å². The number of hydrogen-bond acceptors (Lipinski definition) is 2. The van der Waals surface area contributed by atoms with Crippen molar-refractivity contribution in [3.05, 3.63) is 35.4 Å². The fourth-order valence-electron chi connectivity index (χ4n) is 4.39. The molecule has 1 amide bonds. The van der Waals surface area contributed by atoms with E-state index in [-0.39, 0.29) is 18.2 Å². The van der Waals surface area contributed by atoms with Crippen LogP contribution in [0.25, 0.3) is 0 Å². The van der Waals surface area contributed by atoms with Crippen molar-refractivity contribution in [1.82, 2.24) is 4.90 Å². The Labute approximate surface area is 146 Å². The maximum atomic E-state index is 12.9. The van der Waals surface area contributed by atoms with Crippen molar-refractivity contribution >= 4 is 5.91 Å². The second-order valence-electron chi connectivity index (χ2n) is 7.74. The molecule has 1 unspecified atom stereocenters. The van der Waals surface area contributed by atoms with E-state index < -0.39 is 5.60 Å². The highest BCUT2D eigenvalue weighted by molar-refractivity contribution is 5.77. The summed E-state index contributed by atoms with van der Waals surface area (Å²) in [4.78, 5) is 14.8. The van der Waals surface area contributed by atoms with Gasteiger partial charge in [0.2, 0.25) is 5.91 Å². The SMILES string of the molecule is Cc1ccc(C(O)(CC(=O)N2CCCCC2)C2CCCCC2)cc1. The van der Waals surface area contributed by atoms with Crippen molar-refractivity contribution in [2.75, 3.05) is 13.1 Å². The van der Waals surface area contributed by atoms with Crippen LogP contribution in [0.5, 0.6) is 0 Å². The van der Waals surface area contributed by atoms with E-state index in [0.717, 1.165) is 57.2 Å². The van der Waals surface area contributed by atoms with Gasteiger partial charge in [0.05, 0.1) is 6.42 Å². The molecule has 1 saturated heterocycles. The Morgan fingerprint density at radius 1 is 1.04 bits per heavy atom. The number of carbonyl (C=O) groups excluding carboxylic acids is 1. The minimum absolute atomic E-state index is 0.128. The van der Waals surface area contributed by atoms with Gasteiger partial charge in [-0.25, -0.2) is 0 Å². The van der Waals surface area contributed by atoms with E-state index in [9.17, 15) is 9.90 Å². The van der Waals surface area contributed by atoms with E-state index in [1.165, 1.54) is 18.4 Å². The molecule has 0 aromatic heterocycles. The number of nitrogens with zero attached hydrogens (tertiary/aromatic N) is 1. The molecule has 0 bridgehead atoms. The van der Waals surface area contributed by atoms with Crippen molar-refractivity contribution in [2.45, 2.75) is 70.3 Å². The second-order valence-corrected chi connectivity index (χ2v) is 7.74. The Kier molecular flexibility index (Phi) is 5.60. The quantitative estimate of drug-likeness (QED) is 0.901. The number of benzene rings is 1. The van der Waals surface area contributed by atoms with Gasteiger partial charge in [-0.05, 0) is 50.5 Å². The number of aryl methyl sites for hydroxylation is 1. The highest BCUT2D eigenvalue weighted by Crippen LogP contribution is 2.42. The maximum Gasteiger partial charge on any atom is 0.225 e. The molecule has 1 aromatic rings. The second kappa shape index (κ2) is 7.69. The summed E-state index contributed by atoms with van der Waals surface area (Å²) >= 11 is 0. The zero-order valence-electron chi connectivity index (χ0n) is 15.0. The molecule has 3 nitrogen and oxygen atoms in total. The molecular formula is C21H31NO2. The molecule has 2 fully saturated rings. The molecule has 24 heavy (non-hydrogen) atoms. The molecular weight excluding hydrogens is 298 g/mol. The van der Waals surface area contributed by atoms with Crippen LogP contribution in [0.3, 0.4) is 0 Å². The third-order valence-electron chi connectivity index (χ3n) is 5.96. The fraction of sp³-hybridized carbons (Fsp3) is 0.667. The van der Waals surface area contributed by atoms with Gasteiger partial charge in [0.25, 0.3) is 0 Å². The van der Waals surface area contributed by atoms with Crippen molar-refractivity contribution in [1.29, 1.82) is 0 Å². The smallest absolute Gasteiger partial charge is 0.225 e. The van der Waals surface area contributed by atoms with Gasteiger partial charge in [-0.15, -0.1) is 0 Å². The predicted molar refractivity (Wildman–Crippen MR) is 96.7 cm³/mol. The molecule has 1 atom stereocenters. The zero-order valence-corrected chi connectivity index (χ0v) is 15.0. The van der Waals surface area contributed by atoms with Crippen LogP contribution in [0.2, 0.25) is 0 Å². The van der Waals surface area contributed by atoms with Gasteiger partial charge in [-0.1, -0.05) is 49.1 Å². The number of piperidine rings is 1. The van der Waals surface area contributed by atoms with E-state index in [1.54, 1.807) is 0 Å². The van der Waals surface area contributed by atoms with Gasteiger partial charge in [-0.3, -0.25) is 4.79 Å². The lowest BCUT2D eigenvalue weighted by Crippen LogP contribution is -2.44. The van der Waals surface area contributed by atoms with E-state index >= 15 is 0 Å². The van der Waals surface area contributed by atoms with Crippen molar-refractivity contribution in [3.63, 3.8) is 0 Å². The molecule has 1 aliphatic carbocycles. The third kappa shape index (κ3) is 3.83. The van der Waals surface area contributed by atoms with Gasteiger partial charge in [0.1, 0.15) is 5.60 Å². The van der Waals surface area contributed by atoms with Crippen LogP contribution in [-0.4, -0.2) is 29.0 Å². The van der Waals surface area contributed by atoms with Crippen LogP contribution < -0.4 is 0 Å². The number of carbonyl (C=O) groups is 1. The minimum atomic E-state index is -1.01.